The summed E-state index contributed by atoms with van der Waals surface area (Å²) in [5, 5.41) is 0. The van der Waals surface area contributed by atoms with E-state index in [2.05, 4.69) is 4.98 Å². The number of ether oxygens (including phenoxy) is 1. The first kappa shape index (κ1) is 15.4. The summed E-state index contributed by atoms with van der Waals surface area (Å²) in [4.78, 5) is 18.9. The van der Waals surface area contributed by atoms with E-state index in [9.17, 15) is 4.79 Å². The zero-order valence-electron chi connectivity index (χ0n) is 13.9. The van der Waals surface area contributed by atoms with Crippen LogP contribution in [0.25, 0.3) is 0 Å². The maximum Gasteiger partial charge on any atom is 0.296 e. The summed E-state index contributed by atoms with van der Waals surface area (Å²) in [6.45, 7) is 2.81. The monoisotopic (exact) mass is 334 g/mol. The normalized spacial score (nSPS) is 13.6. The molecular formula is C20H18N2O3. The number of fused-ring (bicyclic) bond motifs is 1. The molecule has 0 fully saturated rings. The van der Waals surface area contributed by atoms with Crippen molar-refractivity contribution >= 4 is 11.6 Å². The third-order valence-electron chi connectivity index (χ3n) is 4.17. The minimum atomic E-state index is -0.148. The Morgan fingerprint density at radius 3 is 2.80 bits per heavy atom. The van der Waals surface area contributed by atoms with Gasteiger partial charge in [0.25, 0.3) is 5.91 Å². The van der Waals surface area contributed by atoms with E-state index >= 15 is 0 Å². The minimum absolute atomic E-state index is 0.148. The molecule has 0 spiro atoms. The number of aromatic nitrogens is 1. The second-order valence-electron chi connectivity index (χ2n) is 6.03. The van der Waals surface area contributed by atoms with E-state index in [0.29, 0.717) is 30.3 Å². The lowest BCUT2D eigenvalue weighted by Crippen LogP contribution is -2.37. The third-order valence-corrected chi connectivity index (χ3v) is 4.17. The van der Waals surface area contributed by atoms with Gasteiger partial charge in [-0.05, 0) is 36.8 Å². The van der Waals surface area contributed by atoms with Crippen molar-refractivity contribution in [2.24, 2.45) is 0 Å². The lowest BCUT2D eigenvalue weighted by atomic mass is 10.1. The topological polar surface area (TPSA) is 55.6 Å². The van der Waals surface area contributed by atoms with Crippen LogP contribution in [-0.4, -0.2) is 17.4 Å². The number of anilines is 1. The van der Waals surface area contributed by atoms with Crippen LogP contribution in [0.2, 0.25) is 0 Å². The maximum atomic E-state index is 12.8. The number of para-hydroxylation sites is 1. The predicted molar refractivity (Wildman–Crippen MR) is 93.8 cm³/mol. The Morgan fingerprint density at radius 2 is 2.00 bits per heavy atom. The second-order valence-corrected chi connectivity index (χ2v) is 6.03. The van der Waals surface area contributed by atoms with Gasteiger partial charge in [-0.2, -0.15) is 0 Å². The predicted octanol–water partition coefficient (Wildman–Crippen LogP) is 3.76. The number of benzene rings is 2. The average molecular weight is 334 g/mol. The van der Waals surface area contributed by atoms with Crippen LogP contribution >= 0.6 is 0 Å². The molecule has 1 aromatic heterocycles. The first-order chi connectivity index (χ1) is 12.2. The van der Waals surface area contributed by atoms with Gasteiger partial charge in [0.05, 0.1) is 5.69 Å². The first-order valence-corrected chi connectivity index (χ1v) is 8.25. The summed E-state index contributed by atoms with van der Waals surface area (Å²) in [5.41, 5.74) is 2.71. The van der Waals surface area contributed by atoms with Gasteiger partial charge in [0.2, 0.25) is 11.7 Å². The molecule has 25 heavy (non-hydrogen) atoms. The zero-order valence-corrected chi connectivity index (χ0v) is 13.9. The molecule has 2 heterocycles. The Morgan fingerprint density at radius 1 is 1.16 bits per heavy atom. The summed E-state index contributed by atoms with van der Waals surface area (Å²) in [6, 6.07) is 17.4. The smallest absolute Gasteiger partial charge is 0.296 e. The molecule has 5 heteroatoms. The molecule has 0 N–H and O–H groups in total. The number of hydrogen-bond acceptors (Lipinski definition) is 4. The molecule has 5 nitrogen and oxygen atoms in total. The Hall–Kier alpha value is -3.08. The molecule has 1 aliphatic heterocycles. The van der Waals surface area contributed by atoms with Gasteiger partial charge < -0.3 is 14.1 Å². The zero-order chi connectivity index (χ0) is 17.2. The van der Waals surface area contributed by atoms with Crippen LogP contribution in [-0.2, 0) is 13.0 Å². The minimum Gasteiger partial charge on any atom is -0.484 e. The molecule has 1 amide bonds. The Labute approximate surface area is 145 Å². The van der Waals surface area contributed by atoms with E-state index < -0.39 is 0 Å². The summed E-state index contributed by atoms with van der Waals surface area (Å²) in [6.07, 6.45) is 0.670. The molecule has 0 bridgehead atoms. The van der Waals surface area contributed by atoms with Gasteiger partial charge in [-0.15, -0.1) is 0 Å². The van der Waals surface area contributed by atoms with Crippen LogP contribution < -0.4 is 9.64 Å². The highest BCUT2D eigenvalue weighted by Crippen LogP contribution is 2.26. The average Bonchev–Trinajstić information content (AvgIpc) is 3.05. The van der Waals surface area contributed by atoms with Gasteiger partial charge >= 0.3 is 0 Å². The van der Waals surface area contributed by atoms with Crippen LogP contribution in [0.3, 0.4) is 0 Å². The Balaban J connectivity index is 1.53. The summed E-state index contributed by atoms with van der Waals surface area (Å²) in [7, 11) is 0. The Bertz CT molecular complexity index is 902. The molecular weight excluding hydrogens is 316 g/mol. The number of hydrogen-bond donors (Lipinski definition) is 0. The van der Waals surface area contributed by atoms with Crippen molar-refractivity contribution in [3.63, 3.8) is 0 Å². The quantitative estimate of drug-likeness (QED) is 0.729. The van der Waals surface area contributed by atoms with Crippen LogP contribution in [0.15, 0.2) is 59.0 Å². The highest BCUT2D eigenvalue weighted by molar-refractivity contribution is 6.06. The third kappa shape index (κ3) is 3.13. The fourth-order valence-electron chi connectivity index (χ4n) is 2.94. The second kappa shape index (κ2) is 6.43. The van der Waals surface area contributed by atoms with Crippen molar-refractivity contribution in [1.82, 2.24) is 4.98 Å². The highest BCUT2D eigenvalue weighted by Gasteiger charge is 2.31. The number of amides is 1. The number of carbonyl (C=O) groups is 1. The molecule has 0 atom stereocenters. The molecule has 3 aromatic rings. The number of nitrogens with zero attached hydrogens (tertiary/aromatic N) is 2. The fourth-order valence-corrected chi connectivity index (χ4v) is 2.94. The molecule has 0 unspecified atom stereocenters. The lowest BCUT2D eigenvalue weighted by molar-refractivity contribution is 0.0948. The van der Waals surface area contributed by atoms with Crippen LogP contribution in [0.1, 0.15) is 27.7 Å². The first-order valence-electron chi connectivity index (χ1n) is 8.25. The molecule has 0 radical (unpaired) electrons. The van der Waals surface area contributed by atoms with Crippen molar-refractivity contribution < 1.29 is 13.9 Å². The van der Waals surface area contributed by atoms with Gasteiger partial charge in [0.15, 0.2) is 6.61 Å². The fraction of sp³-hybridized carbons (Fsp3) is 0.200. The SMILES string of the molecule is Cc1cccc(N2CCc3nc(COc4ccccc4)oc3C2=O)c1. The highest BCUT2D eigenvalue weighted by atomic mass is 16.5. The molecule has 126 valence electrons. The summed E-state index contributed by atoms with van der Waals surface area (Å²) < 4.78 is 11.3. The van der Waals surface area contributed by atoms with Crippen molar-refractivity contribution in [2.75, 3.05) is 11.4 Å². The van der Waals surface area contributed by atoms with Crippen molar-refractivity contribution in [3.8, 4) is 5.75 Å². The van der Waals surface area contributed by atoms with Gasteiger partial charge in [-0.1, -0.05) is 30.3 Å². The van der Waals surface area contributed by atoms with Crippen LogP contribution in [0.5, 0.6) is 5.75 Å². The maximum absolute atomic E-state index is 12.8. The lowest BCUT2D eigenvalue weighted by Gasteiger charge is -2.25. The van der Waals surface area contributed by atoms with Crippen molar-refractivity contribution in [3.05, 3.63) is 77.5 Å². The largest absolute Gasteiger partial charge is 0.484 e. The van der Waals surface area contributed by atoms with Gasteiger partial charge in [-0.3, -0.25) is 4.79 Å². The molecule has 0 saturated heterocycles. The van der Waals surface area contributed by atoms with Crippen LogP contribution in [0, 0.1) is 6.92 Å². The number of aryl methyl sites for hydroxylation is 1. The number of oxazole rings is 1. The standard InChI is InChI=1S/C20H18N2O3/c1-14-6-5-7-15(12-14)22-11-10-17-19(20(22)23)25-18(21-17)13-24-16-8-3-2-4-9-16/h2-9,12H,10-11,13H2,1H3. The van der Waals surface area contributed by atoms with Gasteiger partial charge in [0.1, 0.15) is 5.75 Å². The van der Waals surface area contributed by atoms with Crippen LogP contribution in [0.4, 0.5) is 5.69 Å². The summed E-state index contributed by atoms with van der Waals surface area (Å²) >= 11 is 0. The molecule has 4 rings (SSSR count). The van der Waals surface area contributed by atoms with Gasteiger partial charge in [0, 0.05) is 18.7 Å². The van der Waals surface area contributed by atoms with Crippen molar-refractivity contribution in [1.29, 1.82) is 0 Å². The molecule has 2 aromatic carbocycles. The number of rotatable bonds is 4. The summed E-state index contributed by atoms with van der Waals surface area (Å²) in [5.74, 6) is 1.34. The van der Waals surface area contributed by atoms with E-state index in [0.717, 1.165) is 17.0 Å². The molecule has 1 aliphatic rings. The molecule has 0 saturated carbocycles. The number of carbonyl (C=O) groups excluding carboxylic acids is 1. The van der Waals surface area contributed by atoms with E-state index in [1.807, 2.05) is 61.5 Å². The van der Waals surface area contributed by atoms with E-state index in [-0.39, 0.29) is 12.5 Å². The van der Waals surface area contributed by atoms with Gasteiger partial charge in [-0.25, -0.2) is 4.98 Å². The van der Waals surface area contributed by atoms with E-state index in [1.54, 1.807) is 4.90 Å². The van der Waals surface area contributed by atoms with E-state index in [4.69, 9.17) is 9.15 Å². The molecule has 0 aliphatic carbocycles. The Kier molecular flexibility index (Phi) is 3.98. The van der Waals surface area contributed by atoms with E-state index in [1.165, 1.54) is 0 Å². The van der Waals surface area contributed by atoms with Crippen molar-refractivity contribution in [2.45, 2.75) is 20.0 Å².